The van der Waals surface area contributed by atoms with Crippen molar-refractivity contribution < 1.29 is 23.1 Å². The SMILES string of the molecule is CS(=O)(=O)NCCNC(=O)[C@H]1C2C=CC(C2)[C@H]1C(=O)O. The predicted molar refractivity (Wildman–Crippen MR) is 71.2 cm³/mol. The molecule has 0 aromatic carbocycles. The summed E-state index contributed by atoms with van der Waals surface area (Å²) in [7, 11) is -3.28. The monoisotopic (exact) mass is 302 g/mol. The van der Waals surface area contributed by atoms with Gasteiger partial charge >= 0.3 is 5.97 Å². The van der Waals surface area contributed by atoms with E-state index in [9.17, 15) is 23.1 Å². The van der Waals surface area contributed by atoms with Gasteiger partial charge in [-0.1, -0.05) is 12.2 Å². The first-order valence-electron chi connectivity index (χ1n) is 6.43. The summed E-state index contributed by atoms with van der Waals surface area (Å²) in [5.41, 5.74) is 0. The predicted octanol–water partition coefficient (Wildman–Crippen LogP) is -0.825. The molecule has 112 valence electrons. The van der Waals surface area contributed by atoms with Crippen molar-refractivity contribution in [3.63, 3.8) is 0 Å². The van der Waals surface area contributed by atoms with Crippen LogP contribution in [-0.2, 0) is 19.6 Å². The van der Waals surface area contributed by atoms with Gasteiger partial charge in [0.25, 0.3) is 0 Å². The van der Waals surface area contributed by atoms with Gasteiger partial charge in [-0.25, -0.2) is 13.1 Å². The second-order valence-electron chi connectivity index (χ2n) is 5.30. The minimum Gasteiger partial charge on any atom is -0.481 e. The maximum absolute atomic E-state index is 12.1. The number of hydrogen-bond donors (Lipinski definition) is 3. The molecule has 1 fully saturated rings. The Morgan fingerprint density at radius 1 is 1.20 bits per heavy atom. The summed E-state index contributed by atoms with van der Waals surface area (Å²) in [6.07, 6.45) is 5.52. The molecule has 2 unspecified atom stereocenters. The first kappa shape index (κ1) is 15.0. The number of carbonyl (C=O) groups excluding carboxylic acids is 1. The third kappa shape index (κ3) is 3.18. The molecule has 0 spiro atoms. The molecule has 0 aromatic rings. The Kier molecular flexibility index (Phi) is 4.14. The number of nitrogens with one attached hydrogen (secondary N) is 2. The van der Waals surface area contributed by atoms with E-state index < -0.39 is 27.8 Å². The summed E-state index contributed by atoms with van der Waals surface area (Å²) in [5.74, 6) is -2.58. The lowest BCUT2D eigenvalue weighted by Gasteiger charge is -2.23. The molecule has 7 nitrogen and oxygen atoms in total. The van der Waals surface area contributed by atoms with Gasteiger partial charge in [0.1, 0.15) is 0 Å². The highest BCUT2D eigenvalue weighted by molar-refractivity contribution is 7.88. The average Bonchev–Trinajstić information content (AvgIpc) is 2.92. The van der Waals surface area contributed by atoms with Crippen molar-refractivity contribution in [1.29, 1.82) is 0 Å². The van der Waals surface area contributed by atoms with Gasteiger partial charge < -0.3 is 10.4 Å². The normalized spacial score (nSPS) is 31.4. The molecular formula is C12H18N2O5S. The highest BCUT2D eigenvalue weighted by Crippen LogP contribution is 2.48. The Balaban J connectivity index is 1.89. The Labute approximate surface area is 117 Å². The molecule has 0 aromatic heterocycles. The molecule has 8 heteroatoms. The van der Waals surface area contributed by atoms with E-state index in [0.717, 1.165) is 6.26 Å². The highest BCUT2D eigenvalue weighted by atomic mass is 32.2. The first-order chi connectivity index (χ1) is 9.29. The van der Waals surface area contributed by atoms with E-state index >= 15 is 0 Å². The van der Waals surface area contributed by atoms with Crippen LogP contribution < -0.4 is 10.0 Å². The van der Waals surface area contributed by atoms with E-state index in [1.807, 2.05) is 12.2 Å². The van der Waals surface area contributed by atoms with Crippen LogP contribution in [0.1, 0.15) is 6.42 Å². The number of amides is 1. The number of carboxylic acids is 1. The van der Waals surface area contributed by atoms with Crippen LogP contribution in [0.4, 0.5) is 0 Å². The minimum atomic E-state index is -3.28. The zero-order chi connectivity index (χ0) is 14.9. The van der Waals surface area contributed by atoms with E-state index in [0.29, 0.717) is 6.42 Å². The van der Waals surface area contributed by atoms with Crippen LogP contribution in [0.3, 0.4) is 0 Å². The number of fused-ring (bicyclic) bond motifs is 2. The molecule has 1 saturated carbocycles. The average molecular weight is 302 g/mol. The third-order valence-electron chi connectivity index (χ3n) is 3.84. The van der Waals surface area contributed by atoms with Crippen molar-refractivity contribution in [3.8, 4) is 0 Å². The molecular weight excluding hydrogens is 284 g/mol. The lowest BCUT2D eigenvalue weighted by atomic mass is 9.82. The summed E-state index contributed by atoms with van der Waals surface area (Å²) in [6.45, 7) is 0.245. The van der Waals surface area contributed by atoms with Crippen LogP contribution in [0.5, 0.6) is 0 Å². The zero-order valence-electron chi connectivity index (χ0n) is 11.1. The Bertz CT molecular complexity index is 542. The van der Waals surface area contributed by atoms with Crippen molar-refractivity contribution in [3.05, 3.63) is 12.2 Å². The van der Waals surface area contributed by atoms with Crippen LogP contribution in [-0.4, -0.2) is 44.7 Å². The Morgan fingerprint density at radius 3 is 2.35 bits per heavy atom. The molecule has 2 aliphatic carbocycles. The van der Waals surface area contributed by atoms with Crippen molar-refractivity contribution in [2.45, 2.75) is 6.42 Å². The molecule has 0 aliphatic heterocycles. The summed E-state index contributed by atoms with van der Waals surface area (Å²) in [6, 6.07) is 0. The van der Waals surface area contributed by atoms with Gasteiger partial charge in [0.15, 0.2) is 0 Å². The molecule has 0 radical (unpaired) electrons. The molecule has 20 heavy (non-hydrogen) atoms. The maximum atomic E-state index is 12.1. The largest absolute Gasteiger partial charge is 0.481 e. The third-order valence-corrected chi connectivity index (χ3v) is 4.56. The fraction of sp³-hybridized carbons (Fsp3) is 0.667. The van der Waals surface area contributed by atoms with Gasteiger partial charge in [0.2, 0.25) is 15.9 Å². The van der Waals surface area contributed by atoms with E-state index in [4.69, 9.17) is 0 Å². The summed E-state index contributed by atoms with van der Waals surface area (Å²) < 4.78 is 24.0. The molecule has 0 heterocycles. The molecule has 2 rings (SSSR count). The lowest BCUT2D eigenvalue weighted by Crippen LogP contribution is -2.42. The fourth-order valence-electron chi connectivity index (χ4n) is 3.06. The molecule has 0 saturated heterocycles. The lowest BCUT2D eigenvalue weighted by molar-refractivity contribution is -0.147. The van der Waals surface area contributed by atoms with Crippen LogP contribution in [0, 0.1) is 23.7 Å². The summed E-state index contributed by atoms with van der Waals surface area (Å²) in [4.78, 5) is 23.4. The Morgan fingerprint density at radius 2 is 1.80 bits per heavy atom. The molecule has 1 amide bonds. The first-order valence-corrected chi connectivity index (χ1v) is 8.32. The quantitative estimate of drug-likeness (QED) is 0.438. The smallest absolute Gasteiger partial charge is 0.307 e. The Hall–Kier alpha value is -1.41. The van der Waals surface area contributed by atoms with Crippen molar-refractivity contribution >= 4 is 21.9 Å². The topological polar surface area (TPSA) is 113 Å². The van der Waals surface area contributed by atoms with Crippen molar-refractivity contribution in [2.24, 2.45) is 23.7 Å². The number of hydrogen-bond acceptors (Lipinski definition) is 4. The zero-order valence-corrected chi connectivity index (χ0v) is 11.9. The van der Waals surface area contributed by atoms with Crippen LogP contribution >= 0.6 is 0 Å². The summed E-state index contributed by atoms with van der Waals surface area (Å²) in [5, 5.41) is 11.8. The molecule has 2 aliphatic rings. The van der Waals surface area contributed by atoms with E-state index in [1.165, 1.54) is 0 Å². The standard InChI is InChI=1S/C12H18N2O5S/c1-20(18,19)14-5-4-13-11(15)9-7-2-3-8(6-7)10(9)12(16)17/h2-3,7-10,14H,4-6H2,1H3,(H,13,15)(H,16,17)/t7?,8?,9-,10+/m0/s1. The number of rotatable bonds is 6. The summed E-state index contributed by atoms with van der Waals surface area (Å²) >= 11 is 0. The number of carbonyl (C=O) groups is 2. The van der Waals surface area contributed by atoms with E-state index in [2.05, 4.69) is 10.0 Å². The van der Waals surface area contributed by atoms with Gasteiger partial charge in [-0.05, 0) is 18.3 Å². The van der Waals surface area contributed by atoms with Crippen LogP contribution in [0.15, 0.2) is 12.2 Å². The van der Waals surface area contributed by atoms with Gasteiger partial charge in [-0.2, -0.15) is 0 Å². The molecule has 3 N–H and O–H groups in total. The van der Waals surface area contributed by atoms with E-state index in [-0.39, 0.29) is 30.8 Å². The maximum Gasteiger partial charge on any atom is 0.307 e. The van der Waals surface area contributed by atoms with Crippen molar-refractivity contribution in [2.75, 3.05) is 19.3 Å². The molecule has 4 atom stereocenters. The number of sulfonamides is 1. The number of allylic oxidation sites excluding steroid dienone is 2. The van der Waals surface area contributed by atoms with Gasteiger partial charge in [0.05, 0.1) is 18.1 Å². The van der Waals surface area contributed by atoms with Gasteiger partial charge in [-0.3, -0.25) is 9.59 Å². The highest BCUT2D eigenvalue weighted by Gasteiger charge is 2.51. The van der Waals surface area contributed by atoms with Gasteiger partial charge in [0, 0.05) is 13.1 Å². The molecule has 2 bridgehead atoms. The number of aliphatic carboxylic acids is 1. The van der Waals surface area contributed by atoms with Crippen LogP contribution in [0.2, 0.25) is 0 Å². The fourth-order valence-corrected chi connectivity index (χ4v) is 3.53. The number of carboxylic acid groups (broad SMARTS) is 1. The van der Waals surface area contributed by atoms with Crippen LogP contribution in [0.25, 0.3) is 0 Å². The minimum absolute atomic E-state index is 0.0241. The second kappa shape index (κ2) is 5.53. The van der Waals surface area contributed by atoms with E-state index in [1.54, 1.807) is 0 Å². The second-order valence-corrected chi connectivity index (χ2v) is 7.13. The van der Waals surface area contributed by atoms with Gasteiger partial charge in [-0.15, -0.1) is 0 Å². The van der Waals surface area contributed by atoms with Crippen molar-refractivity contribution in [1.82, 2.24) is 10.0 Å².